The summed E-state index contributed by atoms with van der Waals surface area (Å²) in [4.78, 5) is 42.7. The SMILES string of the molecule is COc1c(-c2ccc(CC(NC(=O)c3c(F)cccc3F)C(=O)O)c3cccnc23)c(=O)n(C)c2ccccc12. The molecular weight excluding hydrogens is 520 g/mol. The van der Waals surface area contributed by atoms with Crippen molar-refractivity contribution >= 4 is 33.7 Å². The number of aliphatic carboxylic acids is 1. The number of rotatable bonds is 7. The first kappa shape index (κ1) is 26.5. The number of nitrogens with zero attached hydrogens (tertiary/aromatic N) is 2. The first-order chi connectivity index (χ1) is 19.2. The summed E-state index contributed by atoms with van der Waals surface area (Å²) in [5, 5.41) is 13.3. The van der Waals surface area contributed by atoms with Crippen LogP contribution in [-0.4, -0.2) is 39.7 Å². The number of halogens is 2. The van der Waals surface area contributed by atoms with Crippen LogP contribution < -0.4 is 15.6 Å². The lowest BCUT2D eigenvalue weighted by molar-refractivity contribution is -0.139. The minimum atomic E-state index is -1.51. The summed E-state index contributed by atoms with van der Waals surface area (Å²) < 4.78 is 35.5. The zero-order valence-electron chi connectivity index (χ0n) is 21.4. The summed E-state index contributed by atoms with van der Waals surface area (Å²) in [5.41, 5.74) is 1.19. The summed E-state index contributed by atoms with van der Waals surface area (Å²) in [5.74, 6) is -4.41. The molecule has 5 aromatic rings. The van der Waals surface area contributed by atoms with E-state index < -0.39 is 35.1 Å². The van der Waals surface area contributed by atoms with Crippen LogP contribution in [0.25, 0.3) is 32.9 Å². The number of ether oxygens (including phenoxy) is 1. The minimum Gasteiger partial charge on any atom is -0.495 e. The standard InChI is InChI=1S/C30H23F2N3O5/c1-35-23-11-4-3-7-18(23)27(40-2)24(29(35)37)19-13-12-16(17-8-6-14-33-26(17)19)15-22(30(38)39)34-28(36)25-20(31)9-5-10-21(25)32/h3-14,22H,15H2,1-2H3,(H,34,36)(H,38,39). The average Bonchev–Trinajstić information content (AvgIpc) is 2.94. The monoisotopic (exact) mass is 543 g/mol. The molecule has 2 heterocycles. The summed E-state index contributed by atoms with van der Waals surface area (Å²) in [6, 6.07) is 15.4. The normalized spacial score (nSPS) is 11.9. The number of carboxylic acid groups (broad SMARTS) is 1. The fourth-order valence-corrected chi connectivity index (χ4v) is 4.89. The molecular formula is C30H23F2N3O5. The topological polar surface area (TPSA) is 111 Å². The molecule has 2 N–H and O–H groups in total. The van der Waals surface area contributed by atoms with Gasteiger partial charge in [-0.3, -0.25) is 14.6 Å². The number of para-hydroxylation sites is 1. The van der Waals surface area contributed by atoms with Crippen LogP contribution >= 0.6 is 0 Å². The van der Waals surface area contributed by atoms with Crippen LogP contribution in [0.2, 0.25) is 0 Å². The summed E-state index contributed by atoms with van der Waals surface area (Å²) in [6.45, 7) is 0. The van der Waals surface area contributed by atoms with Crippen LogP contribution in [0.15, 0.2) is 77.7 Å². The Morgan fingerprint density at radius 1 is 1.00 bits per heavy atom. The van der Waals surface area contributed by atoms with Crippen LogP contribution in [-0.2, 0) is 18.3 Å². The highest BCUT2D eigenvalue weighted by molar-refractivity contribution is 6.01. The van der Waals surface area contributed by atoms with Crippen molar-refractivity contribution in [2.45, 2.75) is 12.5 Å². The Bertz CT molecular complexity index is 1850. The van der Waals surface area contributed by atoms with Crippen LogP contribution in [0.4, 0.5) is 8.78 Å². The van der Waals surface area contributed by atoms with E-state index in [4.69, 9.17) is 4.74 Å². The number of carboxylic acids is 1. The van der Waals surface area contributed by atoms with Crippen molar-refractivity contribution in [1.29, 1.82) is 0 Å². The molecule has 3 aromatic carbocycles. The van der Waals surface area contributed by atoms with Crippen LogP contribution in [0.3, 0.4) is 0 Å². The van der Waals surface area contributed by atoms with E-state index in [0.29, 0.717) is 33.3 Å². The highest BCUT2D eigenvalue weighted by atomic mass is 19.1. The molecule has 0 radical (unpaired) electrons. The lowest BCUT2D eigenvalue weighted by atomic mass is 9.94. The molecule has 1 amide bonds. The Hall–Kier alpha value is -5.12. The number of hydrogen-bond acceptors (Lipinski definition) is 5. The van der Waals surface area contributed by atoms with Gasteiger partial charge < -0.3 is 19.7 Å². The third-order valence-electron chi connectivity index (χ3n) is 6.81. The number of carbonyl (C=O) groups is 2. The Morgan fingerprint density at radius 3 is 2.40 bits per heavy atom. The number of nitrogens with one attached hydrogen (secondary N) is 1. The minimum absolute atomic E-state index is 0.216. The van der Waals surface area contributed by atoms with Gasteiger partial charge in [-0.1, -0.05) is 36.4 Å². The molecule has 202 valence electrons. The van der Waals surface area contributed by atoms with E-state index in [0.717, 1.165) is 23.6 Å². The second-order valence-corrected chi connectivity index (χ2v) is 9.13. The Kier molecular flexibility index (Phi) is 7.00. The Morgan fingerprint density at radius 2 is 1.70 bits per heavy atom. The third-order valence-corrected chi connectivity index (χ3v) is 6.81. The maximum Gasteiger partial charge on any atom is 0.326 e. The smallest absolute Gasteiger partial charge is 0.326 e. The molecule has 0 saturated carbocycles. The number of aromatic nitrogens is 2. The zero-order chi connectivity index (χ0) is 28.6. The Balaban J connectivity index is 1.61. The second-order valence-electron chi connectivity index (χ2n) is 9.13. The molecule has 2 aromatic heterocycles. The number of fused-ring (bicyclic) bond motifs is 2. The van der Waals surface area contributed by atoms with Crippen molar-refractivity contribution in [3.05, 3.63) is 106 Å². The van der Waals surface area contributed by atoms with E-state index in [1.165, 1.54) is 11.7 Å². The third kappa shape index (κ3) is 4.53. The lowest BCUT2D eigenvalue weighted by Gasteiger charge is -2.19. The maximum atomic E-state index is 14.1. The van der Waals surface area contributed by atoms with Crippen LogP contribution in [0, 0.1) is 11.6 Å². The van der Waals surface area contributed by atoms with Crippen molar-refractivity contribution in [2.75, 3.05) is 7.11 Å². The molecule has 0 spiro atoms. The van der Waals surface area contributed by atoms with Crippen molar-refractivity contribution in [2.24, 2.45) is 7.05 Å². The van der Waals surface area contributed by atoms with E-state index in [1.54, 1.807) is 37.5 Å². The lowest BCUT2D eigenvalue weighted by Crippen LogP contribution is -2.43. The molecule has 0 bridgehead atoms. The van der Waals surface area contributed by atoms with Gasteiger partial charge in [-0.05, 0) is 35.9 Å². The van der Waals surface area contributed by atoms with Gasteiger partial charge in [0.1, 0.15) is 29.0 Å². The molecule has 0 aliphatic heterocycles. The van der Waals surface area contributed by atoms with Crippen molar-refractivity contribution in [3.8, 4) is 16.9 Å². The number of methoxy groups -OCH3 is 1. The number of aryl methyl sites for hydroxylation is 1. The molecule has 1 unspecified atom stereocenters. The zero-order valence-corrected chi connectivity index (χ0v) is 21.4. The number of pyridine rings is 2. The van der Waals surface area contributed by atoms with E-state index in [2.05, 4.69) is 10.3 Å². The van der Waals surface area contributed by atoms with Crippen LogP contribution in [0.1, 0.15) is 15.9 Å². The van der Waals surface area contributed by atoms with Crippen LogP contribution in [0.5, 0.6) is 5.75 Å². The van der Waals surface area contributed by atoms with Gasteiger partial charge in [0.15, 0.2) is 0 Å². The van der Waals surface area contributed by atoms with Crippen molar-refractivity contribution < 1.29 is 28.2 Å². The van der Waals surface area contributed by atoms with Gasteiger partial charge in [-0.2, -0.15) is 0 Å². The van der Waals surface area contributed by atoms with Gasteiger partial charge in [0.05, 0.1) is 23.7 Å². The number of amides is 1. The highest BCUT2D eigenvalue weighted by Crippen LogP contribution is 2.37. The van der Waals surface area contributed by atoms with E-state index in [-0.39, 0.29) is 17.5 Å². The summed E-state index contributed by atoms with van der Waals surface area (Å²) in [6.07, 6.45) is 1.33. The summed E-state index contributed by atoms with van der Waals surface area (Å²) >= 11 is 0. The van der Waals surface area contributed by atoms with E-state index >= 15 is 0 Å². The first-order valence-corrected chi connectivity index (χ1v) is 12.2. The van der Waals surface area contributed by atoms with Crippen molar-refractivity contribution in [3.63, 3.8) is 0 Å². The largest absolute Gasteiger partial charge is 0.495 e. The van der Waals surface area contributed by atoms with E-state index in [9.17, 15) is 28.3 Å². The second kappa shape index (κ2) is 10.6. The predicted molar refractivity (Wildman–Crippen MR) is 145 cm³/mol. The van der Waals surface area contributed by atoms with E-state index in [1.807, 2.05) is 24.3 Å². The molecule has 40 heavy (non-hydrogen) atoms. The molecule has 5 rings (SSSR count). The fourth-order valence-electron chi connectivity index (χ4n) is 4.89. The Labute approximate surface area is 226 Å². The van der Waals surface area contributed by atoms with Gasteiger partial charge >= 0.3 is 5.97 Å². The first-order valence-electron chi connectivity index (χ1n) is 12.2. The maximum absolute atomic E-state index is 14.1. The van der Waals surface area contributed by atoms with Gasteiger partial charge in [0.25, 0.3) is 11.5 Å². The highest BCUT2D eigenvalue weighted by Gasteiger charge is 2.27. The quantitative estimate of drug-likeness (QED) is 0.314. The molecule has 8 nitrogen and oxygen atoms in total. The molecule has 0 aliphatic carbocycles. The van der Waals surface area contributed by atoms with Gasteiger partial charge in [0.2, 0.25) is 0 Å². The molecule has 0 aliphatic rings. The van der Waals surface area contributed by atoms with Gasteiger partial charge in [-0.25, -0.2) is 13.6 Å². The van der Waals surface area contributed by atoms with Gasteiger partial charge in [-0.15, -0.1) is 0 Å². The van der Waals surface area contributed by atoms with Crippen molar-refractivity contribution in [1.82, 2.24) is 14.9 Å². The number of carbonyl (C=O) groups excluding carboxylic acids is 1. The average molecular weight is 544 g/mol. The fraction of sp³-hybridized carbons (Fsp3) is 0.133. The molecule has 10 heteroatoms. The predicted octanol–water partition coefficient (Wildman–Crippen LogP) is 4.47. The number of hydrogen-bond donors (Lipinski definition) is 2. The van der Waals surface area contributed by atoms with Gasteiger partial charge in [0, 0.05) is 36.0 Å². The molecule has 0 saturated heterocycles. The number of benzene rings is 3. The summed E-state index contributed by atoms with van der Waals surface area (Å²) in [7, 11) is 3.14. The molecule has 0 fully saturated rings. The molecule has 1 atom stereocenters.